The Kier molecular flexibility index (Phi) is 3.50. The van der Waals surface area contributed by atoms with E-state index in [4.69, 9.17) is 11.6 Å². The third kappa shape index (κ3) is 2.43. The Labute approximate surface area is 141 Å². The van der Waals surface area contributed by atoms with Gasteiger partial charge < -0.3 is 4.57 Å². The van der Waals surface area contributed by atoms with E-state index in [1.165, 1.54) is 30.6 Å². The zero-order valence-electron chi connectivity index (χ0n) is 12.2. The highest BCUT2D eigenvalue weighted by Crippen LogP contribution is 2.35. The van der Waals surface area contributed by atoms with Gasteiger partial charge >= 0.3 is 0 Å². The van der Waals surface area contributed by atoms with Gasteiger partial charge in [-0.1, -0.05) is 23.7 Å². The number of benzene rings is 2. The molecule has 0 bridgehead atoms. The van der Waals surface area contributed by atoms with Crippen molar-refractivity contribution in [2.45, 2.75) is 0 Å². The summed E-state index contributed by atoms with van der Waals surface area (Å²) in [5.41, 5.74) is 2.91. The first-order chi connectivity index (χ1) is 11.6. The van der Waals surface area contributed by atoms with Gasteiger partial charge in [0.25, 0.3) is 0 Å². The summed E-state index contributed by atoms with van der Waals surface area (Å²) in [5, 5.41) is 0.968. The highest BCUT2D eigenvalue weighted by molar-refractivity contribution is 6.35. The second-order valence-corrected chi connectivity index (χ2v) is 5.62. The molecule has 0 saturated carbocycles. The van der Waals surface area contributed by atoms with Crippen molar-refractivity contribution in [3.8, 4) is 16.8 Å². The van der Waals surface area contributed by atoms with Gasteiger partial charge in [-0.25, -0.2) is 18.7 Å². The Morgan fingerprint density at radius 2 is 1.46 bits per heavy atom. The summed E-state index contributed by atoms with van der Waals surface area (Å²) in [6, 6.07) is 12.2. The van der Waals surface area contributed by atoms with Crippen LogP contribution in [-0.4, -0.2) is 14.5 Å². The zero-order chi connectivity index (χ0) is 16.7. The van der Waals surface area contributed by atoms with E-state index in [2.05, 4.69) is 9.97 Å². The fourth-order valence-corrected chi connectivity index (χ4v) is 2.90. The molecule has 2 aromatic carbocycles. The molecule has 6 heteroatoms. The van der Waals surface area contributed by atoms with Gasteiger partial charge in [0.2, 0.25) is 0 Å². The van der Waals surface area contributed by atoms with Crippen LogP contribution in [0.3, 0.4) is 0 Å². The molecule has 3 nitrogen and oxygen atoms in total. The first-order valence-electron chi connectivity index (χ1n) is 7.17. The summed E-state index contributed by atoms with van der Waals surface area (Å²) in [6.07, 6.45) is 3.21. The van der Waals surface area contributed by atoms with Gasteiger partial charge in [0, 0.05) is 17.4 Å². The third-order valence-corrected chi connectivity index (χ3v) is 4.08. The second-order valence-electron chi connectivity index (χ2n) is 5.26. The van der Waals surface area contributed by atoms with E-state index in [9.17, 15) is 8.78 Å². The molecule has 0 aliphatic carbocycles. The van der Waals surface area contributed by atoms with Crippen molar-refractivity contribution < 1.29 is 8.78 Å². The molecule has 4 rings (SSSR count). The van der Waals surface area contributed by atoms with Crippen LogP contribution < -0.4 is 0 Å². The van der Waals surface area contributed by atoms with Gasteiger partial charge in [0.05, 0.1) is 5.39 Å². The molecule has 0 N–H and O–H groups in total. The van der Waals surface area contributed by atoms with Gasteiger partial charge in [0.15, 0.2) is 0 Å². The van der Waals surface area contributed by atoms with E-state index in [0.29, 0.717) is 16.2 Å². The van der Waals surface area contributed by atoms with Crippen molar-refractivity contribution in [3.63, 3.8) is 0 Å². The summed E-state index contributed by atoms with van der Waals surface area (Å²) in [5.74, 6) is -0.634. The highest BCUT2D eigenvalue weighted by Gasteiger charge is 2.16. The van der Waals surface area contributed by atoms with Crippen LogP contribution >= 0.6 is 11.6 Å². The Morgan fingerprint density at radius 3 is 2.12 bits per heavy atom. The zero-order valence-corrected chi connectivity index (χ0v) is 13.0. The molecule has 0 aliphatic rings. The molecule has 0 unspecified atom stereocenters. The van der Waals surface area contributed by atoms with Crippen molar-refractivity contribution in [2.24, 2.45) is 0 Å². The lowest BCUT2D eigenvalue weighted by atomic mass is 10.1. The molecule has 118 valence electrons. The third-order valence-electron chi connectivity index (χ3n) is 3.80. The van der Waals surface area contributed by atoms with Gasteiger partial charge in [-0.05, 0) is 42.0 Å². The van der Waals surface area contributed by atoms with Gasteiger partial charge in [-0.15, -0.1) is 0 Å². The predicted octanol–water partition coefficient (Wildman–Crippen LogP) is 5.02. The minimum absolute atomic E-state index is 0.306. The first-order valence-corrected chi connectivity index (χ1v) is 7.55. The molecule has 4 aromatic rings. The predicted molar refractivity (Wildman–Crippen MR) is 89.2 cm³/mol. The maximum absolute atomic E-state index is 13.2. The lowest BCUT2D eigenvalue weighted by molar-refractivity contribution is 0.627. The molecule has 24 heavy (non-hydrogen) atoms. The Hall–Kier alpha value is -2.79. The minimum Gasteiger partial charge on any atom is -0.301 e. The number of nitrogens with zero attached hydrogens (tertiary/aromatic N) is 3. The number of rotatable bonds is 2. The first kappa shape index (κ1) is 14.8. The topological polar surface area (TPSA) is 30.7 Å². The molecule has 2 aromatic heterocycles. The van der Waals surface area contributed by atoms with E-state index < -0.39 is 0 Å². The average molecular weight is 342 g/mol. The second kappa shape index (κ2) is 5.69. The molecular formula is C18H10ClF2N3. The summed E-state index contributed by atoms with van der Waals surface area (Å²) < 4.78 is 28.2. The fourth-order valence-electron chi connectivity index (χ4n) is 2.67. The minimum atomic E-state index is -0.318. The molecule has 0 atom stereocenters. The van der Waals surface area contributed by atoms with Crippen molar-refractivity contribution in [1.29, 1.82) is 0 Å². The number of aromatic nitrogens is 3. The van der Waals surface area contributed by atoms with E-state index in [-0.39, 0.29) is 11.6 Å². The fraction of sp³-hybridized carbons (Fsp3) is 0. The van der Waals surface area contributed by atoms with Gasteiger partial charge in [-0.2, -0.15) is 0 Å². The Bertz CT molecular complexity index is 1020. The van der Waals surface area contributed by atoms with Crippen LogP contribution in [-0.2, 0) is 0 Å². The van der Waals surface area contributed by atoms with E-state index in [1.807, 2.05) is 6.20 Å². The molecule has 0 aliphatic heterocycles. The lowest BCUT2D eigenvalue weighted by Gasteiger charge is -2.04. The SMILES string of the molecule is Fc1ccc(-c2cn(-c3ccc(F)cc3)c3ncnc(Cl)c23)cc1. The average Bonchev–Trinajstić information content (AvgIpc) is 2.97. The molecule has 0 spiro atoms. The molecule has 2 heterocycles. The Morgan fingerprint density at radius 1 is 0.833 bits per heavy atom. The van der Waals surface area contributed by atoms with E-state index in [1.54, 1.807) is 28.8 Å². The van der Waals surface area contributed by atoms with E-state index >= 15 is 0 Å². The van der Waals surface area contributed by atoms with Crippen LogP contribution in [0.1, 0.15) is 0 Å². The number of fused-ring (bicyclic) bond motifs is 1. The molecular weight excluding hydrogens is 332 g/mol. The highest BCUT2D eigenvalue weighted by atomic mass is 35.5. The maximum Gasteiger partial charge on any atom is 0.150 e. The summed E-state index contributed by atoms with van der Waals surface area (Å²) >= 11 is 6.27. The Balaban J connectivity index is 2.01. The smallest absolute Gasteiger partial charge is 0.150 e. The summed E-state index contributed by atoms with van der Waals surface area (Å²) in [4.78, 5) is 8.34. The van der Waals surface area contributed by atoms with Crippen LogP contribution in [0.25, 0.3) is 27.8 Å². The molecule has 0 radical (unpaired) electrons. The lowest BCUT2D eigenvalue weighted by Crippen LogP contribution is -1.94. The molecule has 0 fully saturated rings. The number of hydrogen-bond donors (Lipinski definition) is 0. The van der Waals surface area contributed by atoms with Crippen molar-refractivity contribution >= 4 is 22.6 Å². The summed E-state index contributed by atoms with van der Waals surface area (Å²) in [6.45, 7) is 0. The molecule has 0 amide bonds. The van der Waals surface area contributed by atoms with Crippen molar-refractivity contribution in [2.75, 3.05) is 0 Å². The number of hydrogen-bond acceptors (Lipinski definition) is 2. The summed E-state index contributed by atoms with van der Waals surface area (Å²) in [7, 11) is 0. The monoisotopic (exact) mass is 341 g/mol. The standard InChI is InChI=1S/C18H10ClF2N3/c19-17-16-15(11-1-3-12(20)4-2-11)9-24(18(16)23-10-22-17)14-7-5-13(21)6-8-14/h1-10H. The van der Waals surface area contributed by atoms with Crippen molar-refractivity contribution in [3.05, 3.63) is 77.8 Å². The number of halogens is 3. The van der Waals surface area contributed by atoms with Crippen LogP contribution in [0, 0.1) is 11.6 Å². The van der Waals surface area contributed by atoms with Crippen LogP contribution in [0.15, 0.2) is 61.1 Å². The van der Waals surface area contributed by atoms with E-state index in [0.717, 1.165) is 16.8 Å². The van der Waals surface area contributed by atoms with Gasteiger partial charge in [0.1, 0.15) is 28.8 Å². The van der Waals surface area contributed by atoms with Crippen LogP contribution in [0.2, 0.25) is 5.15 Å². The maximum atomic E-state index is 13.2. The quantitative estimate of drug-likeness (QED) is 0.479. The van der Waals surface area contributed by atoms with Crippen LogP contribution in [0.4, 0.5) is 8.78 Å². The largest absolute Gasteiger partial charge is 0.301 e. The van der Waals surface area contributed by atoms with Gasteiger partial charge in [-0.3, -0.25) is 0 Å². The van der Waals surface area contributed by atoms with Crippen molar-refractivity contribution in [1.82, 2.24) is 14.5 Å². The molecule has 0 saturated heterocycles. The normalized spacial score (nSPS) is 11.1. The van der Waals surface area contributed by atoms with Crippen LogP contribution in [0.5, 0.6) is 0 Å².